The number of piperidine rings is 1. The Bertz CT molecular complexity index is 229. The fourth-order valence-electron chi connectivity index (χ4n) is 3.85. The molecular formula is C14H26N2. The minimum Gasteiger partial charge on any atom is -0.327 e. The normalized spacial score (nSPS) is 38.1. The third-order valence-electron chi connectivity index (χ3n) is 4.80. The molecule has 1 saturated heterocycles. The Kier molecular flexibility index (Phi) is 3.21. The molecule has 1 aliphatic heterocycles. The number of hydrogen-bond acceptors (Lipinski definition) is 2. The molecule has 3 rings (SSSR count). The molecule has 0 spiro atoms. The van der Waals surface area contributed by atoms with Crippen molar-refractivity contribution >= 4 is 0 Å². The van der Waals surface area contributed by atoms with Gasteiger partial charge in [-0.2, -0.15) is 0 Å². The van der Waals surface area contributed by atoms with Gasteiger partial charge in [-0.1, -0.05) is 25.7 Å². The van der Waals surface area contributed by atoms with Crippen LogP contribution in [0.1, 0.15) is 51.4 Å². The van der Waals surface area contributed by atoms with Crippen LogP contribution >= 0.6 is 0 Å². The Hall–Kier alpha value is -0.0800. The van der Waals surface area contributed by atoms with Crippen LogP contribution in [0.3, 0.4) is 0 Å². The summed E-state index contributed by atoms with van der Waals surface area (Å²) < 4.78 is 0. The van der Waals surface area contributed by atoms with Crippen molar-refractivity contribution in [2.24, 2.45) is 17.6 Å². The molecule has 2 atom stereocenters. The fraction of sp³-hybridized carbons (Fsp3) is 1.00. The molecule has 2 saturated carbocycles. The molecule has 0 bridgehead atoms. The van der Waals surface area contributed by atoms with E-state index in [0.717, 1.165) is 17.9 Å². The zero-order chi connectivity index (χ0) is 11.0. The van der Waals surface area contributed by atoms with Gasteiger partial charge in [-0.25, -0.2) is 0 Å². The molecule has 3 aliphatic rings. The van der Waals surface area contributed by atoms with Crippen molar-refractivity contribution in [3.8, 4) is 0 Å². The fourth-order valence-corrected chi connectivity index (χ4v) is 3.85. The van der Waals surface area contributed by atoms with Gasteiger partial charge in [0, 0.05) is 25.2 Å². The second-order valence-electron chi connectivity index (χ2n) is 6.43. The van der Waals surface area contributed by atoms with E-state index in [1.54, 1.807) is 0 Å². The average molecular weight is 222 g/mol. The van der Waals surface area contributed by atoms with Crippen molar-refractivity contribution in [2.45, 2.75) is 63.5 Å². The van der Waals surface area contributed by atoms with E-state index in [2.05, 4.69) is 4.90 Å². The Morgan fingerprint density at radius 1 is 0.938 bits per heavy atom. The lowest BCUT2D eigenvalue weighted by Gasteiger charge is -2.40. The molecule has 0 radical (unpaired) electrons. The van der Waals surface area contributed by atoms with Gasteiger partial charge in [-0.05, 0) is 37.5 Å². The molecule has 0 aromatic rings. The average Bonchev–Trinajstić information content (AvgIpc) is 2.90. The van der Waals surface area contributed by atoms with Gasteiger partial charge >= 0.3 is 0 Å². The van der Waals surface area contributed by atoms with E-state index in [1.165, 1.54) is 64.5 Å². The van der Waals surface area contributed by atoms with E-state index in [-0.39, 0.29) is 0 Å². The monoisotopic (exact) mass is 222 g/mol. The number of nitrogens with two attached hydrogens (primary N) is 1. The molecule has 1 heterocycles. The Balaban J connectivity index is 1.56. The van der Waals surface area contributed by atoms with Crippen LogP contribution in [-0.4, -0.2) is 30.1 Å². The van der Waals surface area contributed by atoms with Crippen molar-refractivity contribution in [3.05, 3.63) is 0 Å². The summed E-state index contributed by atoms with van der Waals surface area (Å²) in [5, 5.41) is 0. The largest absolute Gasteiger partial charge is 0.327 e. The Labute approximate surface area is 99.6 Å². The summed E-state index contributed by atoms with van der Waals surface area (Å²) in [5.41, 5.74) is 6.24. The van der Waals surface area contributed by atoms with Gasteiger partial charge in [-0.15, -0.1) is 0 Å². The molecule has 16 heavy (non-hydrogen) atoms. The van der Waals surface area contributed by atoms with Crippen molar-refractivity contribution in [3.63, 3.8) is 0 Å². The lowest BCUT2D eigenvalue weighted by atomic mass is 9.89. The maximum absolute atomic E-state index is 6.24. The molecule has 0 aromatic heterocycles. The first kappa shape index (κ1) is 11.0. The lowest BCUT2D eigenvalue weighted by molar-refractivity contribution is 0.104. The first-order valence-corrected chi connectivity index (χ1v) is 7.31. The molecule has 0 amide bonds. The maximum atomic E-state index is 6.24. The molecule has 2 aliphatic carbocycles. The van der Waals surface area contributed by atoms with Gasteiger partial charge in [0.15, 0.2) is 0 Å². The topological polar surface area (TPSA) is 29.3 Å². The molecule has 0 aromatic carbocycles. The zero-order valence-corrected chi connectivity index (χ0v) is 10.4. The number of nitrogens with zero attached hydrogens (tertiary/aromatic N) is 1. The van der Waals surface area contributed by atoms with Crippen LogP contribution in [0.15, 0.2) is 0 Å². The highest BCUT2D eigenvalue weighted by Crippen LogP contribution is 2.38. The highest BCUT2D eigenvalue weighted by atomic mass is 15.2. The molecule has 3 fully saturated rings. The first-order chi connectivity index (χ1) is 7.81. The van der Waals surface area contributed by atoms with Crippen LogP contribution in [0.4, 0.5) is 0 Å². The van der Waals surface area contributed by atoms with E-state index < -0.39 is 0 Å². The number of hydrogen-bond donors (Lipinski definition) is 1. The summed E-state index contributed by atoms with van der Waals surface area (Å²) in [6.07, 6.45) is 11.5. The third-order valence-corrected chi connectivity index (χ3v) is 4.80. The highest BCUT2D eigenvalue weighted by molar-refractivity contribution is 4.89. The molecule has 2 heteroatoms. The Morgan fingerprint density at radius 2 is 1.69 bits per heavy atom. The predicted molar refractivity (Wildman–Crippen MR) is 67.3 cm³/mol. The predicted octanol–water partition coefficient (Wildman–Crippen LogP) is 2.38. The summed E-state index contributed by atoms with van der Waals surface area (Å²) in [6.45, 7) is 2.53. The van der Waals surface area contributed by atoms with Crippen molar-refractivity contribution in [1.82, 2.24) is 4.90 Å². The van der Waals surface area contributed by atoms with E-state index in [1.807, 2.05) is 0 Å². The molecule has 2 N–H and O–H groups in total. The van der Waals surface area contributed by atoms with Crippen molar-refractivity contribution in [1.29, 1.82) is 0 Å². The van der Waals surface area contributed by atoms with Crippen LogP contribution in [0.5, 0.6) is 0 Å². The lowest BCUT2D eigenvalue weighted by Crippen LogP contribution is -2.50. The van der Waals surface area contributed by atoms with Crippen LogP contribution in [0.2, 0.25) is 0 Å². The first-order valence-electron chi connectivity index (χ1n) is 7.31. The summed E-state index contributed by atoms with van der Waals surface area (Å²) >= 11 is 0. The summed E-state index contributed by atoms with van der Waals surface area (Å²) in [6, 6.07) is 1.34. The zero-order valence-electron chi connectivity index (χ0n) is 10.4. The smallest absolute Gasteiger partial charge is 0.0171 e. The standard InChI is InChI=1S/C14H26N2/c15-13-8-12(7-11-5-6-11)9-16(10-13)14-3-1-2-4-14/h11-14H,1-10,15H2. The minimum atomic E-state index is 0.457. The second kappa shape index (κ2) is 4.66. The van der Waals surface area contributed by atoms with Crippen molar-refractivity contribution < 1.29 is 0 Å². The molecule has 92 valence electrons. The molecule has 2 nitrogen and oxygen atoms in total. The van der Waals surface area contributed by atoms with Crippen LogP contribution < -0.4 is 5.73 Å². The molecular weight excluding hydrogens is 196 g/mol. The van der Waals surface area contributed by atoms with E-state index in [0.29, 0.717) is 6.04 Å². The van der Waals surface area contributed by atoms with Crippen LogP contribution in [-0.2, 0) is 0 Å². The second-order valence-corrected chi connectivity index (χ2v) is 6.43. The minimum absolute atomic E-state index is 0.457. The van der Waals surface area contributed by atoms with E-state index in [9.17, 15) is 0 Å². The number of rotatable bonds is 3. The van der Waals surface area contributed by atoms with Crippen LogP contribution in [0.25, 0.3) is 0 Å². The van der Waals surface area contributed by atoms with Crippen LogP contribution in [0, 0.1) is 11.8 Å². The van der Waals surface area contributed by atoms with Gasteiger partial charge < -0.3 is 5.73 Å². The summed E-state index contributed by atoms with van der Waals surface area (Å²) in [4.78, 5) is 2.73. The SMILES string of the molecule is NC1CC(CC2CC2)CN(C2CCCC2)C1. The maximum Gasteiger partial charge on any atom is 0.0171 e. The Morgan fingerprint density at radius 3 is 2.38 bits per heavy atom. The van der Waals surface area contributed by atoms with Gasteiger partial charge in [0.25, 0.3) is 0 Å². The van der Waals surface area contributed by atoms with Gasteiger partial charge in [0.2, 0.25) is 0 Å². The van der Waals surface area contributed by atoms with Gasteiger partial charge in [0.1, 0.15) is 0 Å². The summed E-state index contributed by atoms with van der Waals surface area (Å²) in [7, 11) is 0. The highest BCUT2D eigenvalue weighted by Gasteiger charge is 2.34. The van der Waals surface area contributed by atoms with Gasteiger partial charge in [-0.3, -0.25) is 4.90 Å². The third kappa shape index (κ3) is 2.60. The van der Waals surface area contributed by atoms with Gasteiger partial charge in [0.05, 0.1) is 0 Å². The van der Waals surface area contributed by atoms with E-state index >= 15 is 0 Å². The quantitative estimate of drug-likeness (QED) is 0.794. The molecule has 2 unspecified atom stereocenters. The number of likely N-dealkylation sites (tertiary alicyclic amines) is 1. The van der Waals surface area contributed by atoms with E-state index in [4.69, 9.17) is 5.73 Å². The van der Waals surface area contributed by atoms with Crippen molar-refractivity contribution in [2.75, 3.05) is 13.1 Å². The summed E-state index contributed by atoms with van der Waals surface area (Å²) in [5.74, 6) is 1.98.